The van der Waals surface area contributed by atoms with Crippen molar-refractivity contribution in [2.45, 2.75) is 13.5 Å². The van der Waals surface area contributed by atoms with Crippen molar-refractivity contribution in [3.8, 4) is 0 Å². The smallest absolute Gasteiger partial charge is 0.123 e. The van der Waals surface area contributed by atoms with Crippen LogP contribution < -0.4 is 0 Å². The highest BCUT2D eigenvalue weighted by atomic mass is 19.1. The lowest BCUT2D eigenvalue weighted by atomic mass is 10.1. The quantitative estimate of drug-likeness (QED) is 0.628. The number of hydrogen-bond acceptors (Lipinski definition) is 1. The third-order valence-corrected chi connectivity index (χ3v) is 1.47. The second-order valence-corrected chi connectivity index (χ2v) is 2.23. The van der Waals surface area contributed by atoms with Crippen molar-refractivity contribution in [2.24, 2.45) is 0 Å². The van der Waals surface area contributed by atoms with E-state index in [0.717, 1.165) is 11.1 Å². The van der Waals surface area contributed by atoms with E-state index >= 15 is 0 Å². The van der Waals surface area contributed by atoms with Crippen LogP contribution in [0.15, 0.2) is 18.2 Å². The van der Waals surface area contributed by atoms with Crippen molar-refractivity contribution in [1.29, 1.82) is 0 Å². The molecule has 0 atom stereocenters. The summed E-state index contributed by atoms with van der Waals surface area (Å²) in [5.41, 5.74) is 1.57. The first-order chi connectivity index (χ1) is 4.74. The van der Waals surface area contributed by atoms with E-state index in [4.69, 9.17) is 5.11 Å². The molecule has 0 aliphatic carbocycles. The van der Waals surface area contributed by atoms with Gasteiger partial charge in [0, 0.05) is 0 Å². The zero-order valence-corrected chi connectivity index (χ0v) is 5.76. The molecule has 2 heteroatoms. The second-order valence-electron chi connectivity index (χ2n) is 2.23. The summed E-state index contributed by atoms with van der Waals surface area (Å²) in [4.78, 5) is 0. The first-order valence-corrected chi connectivity index (χ1v) is 3.10. The molecule has 0 fully saturated rings. The summed E-state index contributed by atoms with van der Waals surface area (Å²) in [5.74, 6) is -0.255. The van der Waals surface area contributed by atoms with Gasteiger partial charge >= 0.3 is 0 Å². The normalized spacial score (nSPS) is 9.90. The van der Waals surface area contributed by atoms with Crippen LogP contribution in [0.1, 0.15) is 11.1 Å². The summed E-state index contributed by atoms with van der Waals surface area (Å²) in [5, 5.41) is 8.69. The average molecular weight is 140 g/mol. The highest BCUT2D eigenvalue weighted by Gasteiger charge is 1.96. The van der Waals surface area contributed by atoms with Crippen LogP contribution in [0.3, 0.4) is 0 Å². The molecule has 0 aromatic heterocycles. The molecule has 0 unspecified atom stereocenters. The first kappa shape index (κ1) is 7.22. The molecular weight excluding hydrogens is 131 g/mol. The zero-order valence-electron chi connectivity index (χ0n) is 5.76. The number of aryl methyl sites for hydroxylation is 1. The minimum absolute atomic E-state index is 0.0217. The van der Waals surface area contributed by atoms with Crippen molar-refractivity contribution in [1.82, 2.24) is 0 Å². The van der Waals surface area contributed by atoms with Gasteiger partial charge in [-0.2, -0.15) is 0 Å². The molecule has 1 aromatic rings. The topological polar surface area (TPSA) is 20.2 Å². The molecule has 1 rings (SSSR count). The van der Waals surface area contributed by atoms with Crippen LogP contribution in [-0.4, -0.2) is 5.11 Å². The van der Waals surface area contributed by atoms with Crippen LogP contribution >= 0.6 is 0 Å². The fraction of sp³-hybridized carbons (Fsp3) is 0.250. The van der Waals surface area contributed by atoms with Crippen LogP contribution in [0.2, 0.25) is 0 Å². The van der Waals surface area contributed by atoms with Gasteiger partial charge in [0.05, 0.1) is 6.61 Å². The van der Waals surface area contributed by atoms with E-state index in [1.165, 1.54) is 12.1 Å². The van der Waals surface area contributed by atoms with Gasteiger partial charge in [-0.15, -0.1) is 0 Å². The molecular formula is C8H9FO. The van der Waals surface area contributed by atoms with Crippen molar-refractivity contribution >= 4 is 0 Å². The molecule has 10 heavy (non-hydrogen) atoms. The van der Waals surface area contributed by atoms with Gasteiger partial charge in [0.1, 0.15) is 5.82 Å². The van der Waals surface area contributed by atoms with Crippen LogP contribution in [-0.2, 0) is 6.61 Å². The molecule has 0 bridgehead atoms. The van der Waals surface area contributed by atoms with E-state index in [9.17, 15) is 4.39 Å². The third kappa shape index (κ3) is 1.33. The third-order valence-electron chi connectivity index (χ3n) is 1.47. The van der Waals surface area contributed by atoms with Gasteiger partial charge in [0.15, 0.2) is 0 Å². The molecule has 0 saturated carbocycles. The van der Waals surface area contributed by atoms with Crippen LogP contribution in [0.25, 0.3) is 0 Å². The summed E-state index contributed by atoms with van der Waals surface area (Å²) in [6, 6.07) is 4.34. The Balaban J connectivity index is 3.07. The van der Waals surface area contributed by atoms with Crippen molar-refractivity contribution < 1.29 is 9.50 Å². The molecule has 0 spiro atoms. The van der Waals surface area contributed by atoms with Gasteiger partial charge in [0.2, 0.25) is 0 Å². The molecule has 0 amide bonds. The monoisotopic (exact) mass is 140 g/mol. The number of aliphatic hydroxyl groups excluding tert-OH is 1. The standard InChI is InChI=1S/C8H9FO/c1-6-4-8(9)3-2-7(6)5-10/h2-4,10H,5H2,1H3. The molecule has 1 aromatic carbocycles. The molecule has 1 nitrogen and oxygen atoms in total. The SMILES string of the molecule is Cc1cc(F)ccc1CO. The van der Waals surface area contributed by atoms with Crippen molar-refractivity contribution in [2.75, 3.05) is 0 Å². The molecule has 54 valence electrons. The van der Waals surface area contributed by atoms with Gasteiger partial charge in [-0.3, -0.25) is 0 Å². The summed E-state index contributed by atoms with van der Waals surface area (Å²) in [7, 11) is 0. The number of rotatable bonds is 1. The summed E-state index contributed by atoms with van der Waals surface area (Å²) in [6.45, 7) is 1.75. The van der Waals surface area contributed by atoms with Crippen LogP contribution in [0, 0.1) is 12.7 Å². The summed E-state index contributed by atoms with van der Waals surface area (Å²) < 4.78 is 12.4. The lowest BCUT2D eigenvalue weighted by Gasteiger charge is -1.99. The number of halogens is 1. The molecule has 0 saturated heterocycles. The Labute approximate surface area is 59.1 Å². The van der Waals surface area contributed by atoms with Gasteiger partial charge in [0.25, 0.3) is 0 Å². The Bertz CT molecular complexity index is 233. The van der Waals surface area contributed by atoms with E-state index in [0.29, 0.717) is 0 Å². The van der Waals surface area contributed by atoms with Crippen molar-refractivity contribution in [3.05, 3.63) is 35.1 Å². The van der Waals surface area contributed by atoms with Gasteiger partial charge < -0.3 is 5.11 Å². The Kier molecular flexibility index (Phi) is 2.02. The fourth-order valence-corrected chi connectivity index (χ4v) is 0.837. The first-order valence-electron chi connectivity index (χ1n) is 3.10. The lowest BCUT2D eigenvalue weighted by molar-refractivity contribution is 0.281. The average Bonchev–Trinajstić information content (AvgIpc) is 1.88. The molecule has 0 aliphatic heterocycles. The minimum Gasteiger partial charge on any atom is -0.392 e. The van der Waals surface area contributed by atoms with E-state index in [1.807, 2.05) is 0 Å². The highest BCUT2D eigenvalue weighted by Crippen LogP contribution is 2.08. The van der Waals surface area contributed by atoms with Crippen molar-refractivity contribution in [3.63, 3.8) is 0 Å². The van der Waals surface area contributed by atoms with Crippen LogP contribution in [0.5, 0.6) is 0 Å². The van der Waals surface area contributed by atoms with E-state index in [-0.39, 0.29) is 12.4 Å². The van der Waals surface area contributed by atoms with Gasteiger partial charge in [-0.25, -0.2) is 4.39 Å². The molecule has 1 N–H and O–H groups in total. The maximum atomic E-state index is 12.4. The predicted molar refractivity (Wildman–Crippen MR) is 37.1 cm³/mol. The largest absolute Gasteiger partial charge is 0.392 e. The Morgan fingerprint density at radius 3 is 2.70 bits per heavy atom. The summed E-state index contributed by atoms with van der Waals surface area (Å²) in [6.07, 6.45) is 0. The van der Waals surface area contributed by atoms with E-state index in [1.54, 1.807) is 13.0 Å². The fourth-order valence-electron chi connectivity index (χ4n) is 0.837. The summed E-state index contributed by atoms with van der Waals surface area (Å²) >= 11 is 0. The second kappa shape index (κ2) is 2.80. The van der Waals surface area contributed by atoms with Gasteiger partial charge in [-0.1, -0.05) is 6.07 Å². The highest BCUT2D eigenvalue weighted by molar-refractivity contribution is 5.25. The lowest BCUT2D eigenvalue weighted by Crippen LogP contribution is -1.88. The molecule has 0 heterocycles. The zero-order chi connectivity index (χ0) is 7.56. The van der Waals surface area contributed by atoms with E-state index in [2.05, 4.69) is 0 Å². The maximum absolute atomic E-state index is 12.4. The van der Waals surface area contributed by atoms with Gasteiger partial charge in [-0.05, 0) is 30.2 Å². The maximum Gasteiger partial charge on any atom is 0.123 e. The number of benzene rings is 1. The molecule has 0 radical (unpaired) electrons. The Morgan fingerprint density at radius 2 is 2.20 bits per heavy atom. The Hall–Kier alpha value is -0.890. The van der Waals surface area contributed by atoms with E-state index < -0.39 is 0 Å². The van der Waals surface area contributed by atoms with Crippen LogP contribution in [0.4, 0.5) is 4.39 Å². The number of aliphatic hydroxyl groups is 1. The molecule has 0 aliphatic rings. The predicted octanol–water partition coefficient (Wildman–Crippen LogP) is 1.63. The Morgan fingerprint density at radius 1 is 1.50 bits per heavy atom. The number of hydrogen-bond donors (Lipinski definition) is 1. The minimum atomic E-state index is -0.255.